The molecule has 2 heterocycles. The van der Waals surface area contributed by atoms with E-state index in [9.17, 15) is 29.1 Å². The van der Waals surface area contributed by atoms with Crippen molar-refractivity contribution in [3.05, 3.63) is 143 Å². The van der Waals surface area contributed by atoms with Gasteiger partial charge < -0.3 is 43.3 Å². The maximum atomic E-state index is 16.5. The van der Waals surface area contributed by atoms with Crippen LogP contribution in [0.15, 0.2) is 132 Å². The van der Waals surface area contributed by atoms with Gasteiger partial charge in [-0.2, -0.15) is 0 Å². The van der Waals surface area contributed by atoms with Crippen molar-refractivity contribution in [2.75, 3.05) is 12.4 Å². The quantitative estimate of drug-likeness (QED) is 0.0292. The molecule has 4 aromatic rings. The lowest BCUT2D eigenvalue weighted by molar-refractivity contribution is -0.346. The smallest absolute Gasteiger partial charge is 0.338 e. The molecule has 4 aliphatic rings. The van der Waals surface area contributed by atoms with E-state index in [1.165, 1.54) is 47.6 Å². The van der Waals surface area contributed by atoms with Crippen LogP contribution in [0, 0.1) is 22.7 Å². The van der Waals surface area contributed by atoms with Crippen molar-refractivity contribution in [3.63, 3.8) is 0 Å². The lowest BCUT2D eigenvalue weighted by Gasteiger charge is -2.67. The third kappa shape index (κ3) is 12.2. The Kier molecular flexibility index (Phi) is 18.6. The van der Waals surface area contributed by atoms with E-state index in [1.54, 1.807) is 106 Å². The monoisotopic (exact) mass is 1180 g/mol. The van der Waals surface area contributed by atoms with Gasteiger partial charge in [-0.3, -0.25) is 24.0 Å². The highest BCUT2D eigenvalue weighted by Crippen LogP contribution is 2.65. The van der Waals surface area contributed by atoms with Crippen molar-refractivity contribution in [1.29, 1.82) is 0 Å². The van der Waals surface area contributed by atoms with Crippen molar-refractivity contribution >= 4 is 71.4 Å². The molecule has 82 heavy (non-hydrogen) atoms. The van der Waals surface area contributed by atoms with Gasteiger partial charge >= 0.3 is 29.8 Å². The Morgan fingerprint density at radius 2 is 1.46 bits per heavy atom. The van der Waals surface area contributed by atoms with E-state index in [2.05, 4.69) is 10.3 Å². The summed E-state index contributed by atoms with van der Waals surface area (Å²) in [7, 11) is -0.0237. The second-order valence-electron chi connectivity index (χ2n) is 23.9. The first kappa shape index (κ1) is 61.9. The lowest BCUT2D eigenvalue weighted by Crippen LogP contribution is -2.81. The number of hydrogen-bond acceptors (Lipinski definition) is 18. The lowest BCUT2D eigenvalue weighted by atomic mass is 9.45. The third-order valence-corrected chi connectivity index (χ3v) is 24.1. The standard InChI is InChI=1S/C62H74N2O15S2Si/c1-37-43(75-57(71)51(79-82(10,11)58(4,5)6)49(40-24-15-12-16-25-40)64-55(69)41-26-17-13-18-27-41)35-62(72)54(77-56(70)42-28-19-14-20-29-42)52-60(9,53(68)50(74-38(2)65)48(37)59(62,7)8)44(34-45-61(52,36-73-45)78-39(3)66)76-47(67)31-23-33-80-81-46-30-21-22-32-63-46/h12-22,24-30,32,37,43-45,49,51-52,54,72H,23,31,33-36H2,1-11H3,(H,64,69)/b50-48+/t37?,43-,44-,45+,49?,51+,52-,54-,60+,61-,62+/m0/s1. The van der Waals surface area contributed by atoms with E-state index in [1.807, 2.05) is 52.1 Å². The topological polar surface area (TPSA) is 229 Å². The van der Waals surface area contributed by atoms with E-state index in [0.717, 1.165) is 11.9 Å². The minimum atomic E-state index is -2.98. The van der Waals surface area contributed by atoms with Gasteiger partial charge in [0.1, 0.15) is 35.0 Å². The van der Waals surface area contributed by atoms with Crippen LogP contribution in [-0.2, 0) is 56.8 Å². The summed E-state index contributed by atoms with van der Waals surface area (Å²) in [6.45, 7) is 18.3. The van der Waals surface area contributed by atoms with Crippen molar-refractivity contribution in [2.24, 2.45) is 22.7 Å². The molecule has 1 amide bonds. The number of ketones is 1. The minimum Gasteiger partial charge on any atom is -0.461 e. The fraction of sp³-hybridized carbons (Fsp3) is 0.484. The molecule has 1 aliphatic heterocycles. The highest BCUT2D eigenvalue weighted by atomic mass is 33.1. The molecule has 1 saturated heterocycles. The first-order valence-corrected chi connectivity index (χ1v) is 32.9. The molecule has 17 nitrogen and oxygen atoms in total. The first-order valence-electron chi connectivity index (χ1n) is 27.6. The number of pyridine rings is 1. The molecule has 2 saturated carbocycles. The Bertz CT molecular complexity index is 3050. The Morgan fingerprint density at radius 3 is 2.04 bits per heavy atom. The van der Waals surface area contributed by atoms with Crippen molar-refractivity contribution in [2.45, 2.75) is 159 Å². The Labute approximate surface area is 488 Å². The van der Waals surface area contributed by atoms with E-state index in [4.69, 9.17) is 32.8 Å². The van der Waals surface area contributed by atoms with E-state index in [0.29, 0.717) is 23.3 Å². The third-order valence-electron chi connectivity index (χ3n) is 17.3. The number of esters is 5. The number of hydrogen-bond donors (Lipinski definition) is 2. The van der Waals surface area contributed by atoms with Gasteiger partial charge in [-0.1, -0.05) is 125 Å². The summed E-state index contributed by atoms with van der Waals surface area (Å²) >= 11 is 0. The number of nitrogens with one attached hydrogen (secondary N) is 1. The molecule has 8 rings (SSSR count). The Morgan fingerprint density at radius 1 is 0.841 bits per heavy atom. The number of aliphatic hydroxyl groups is 1. The fourth-order valence-corrected chi connectivity index (χ4v) is 15.1. The second kappa shape index (κ2) is 24.6. The van der Waals surface area contributed by atoms with Crippen LogP contribution in [0.4, 0.5) is 0 Å². The highest BCUT2D eigenvalue weighted by Gasteiger charge is 2.79. The number of allylic oxidation sites excluding steroid dienone is 1. The summed E-state index contributed by atoms with van der Waals surface area (Å²) in [6.07, 6.45) is -6.03. The molecule has 3 aliphatic carbocycles. The number of carbonyl (C=O) groups excluding carboxylic acids is 7. The predicted octanol–water partition coefficient (Wildman–Crippen LogP) is 10.1. The normalized spacial score (nSPS) is 28.2. The average molecular weight is 1180 g/mol. The number of rotatable bonds is 19. The molecule has 2 unspecified atom stereocenters. The molecule has 3 fully saturated rings. The van der Waals surface area contributed by atoms with Gasteiger partial charge in [-0.25, -0.2) is 14.6 Å². The summed E-state index contributed by atoms with van der Waals surface area (Å²) in [5.41, 5.74) is -7.20. The number of aromatic nitrogens is 1. The molecule has 0 spiro atoms. The van der Waals surface area contributed by atoms with Gasteiger partial charge in [0.05, 0.1) is 29.5 Å². The molecule has 3 aromatic carbocycles. The van der Waals surface area contributed by atoms with Gasteiger partial charge in [0.2, 0.25) is 5.78 Å². The molecule has 2 N–H and O–H groups in total. The summed E-state index contributed by atoms with van der Waals surface area (Å²) in [6, 6.07) is 29.8. The maximum absolute atomic E-state index is 16.5. The van der Waals surface area contributed by atoms with E-state index in [-0.39, 0.29) is 30.6 Å². The molecular formula is C62H74N2O15S2Si. The highest BCUT2D eigenvalue weighted by molar-refractivity contribution is 8.76. The largest absolute Gasteiger partial charge is 0.461 e. The van der Waals surface area contributed by atoms with E-state index < -0.39 is 138 Å². The van der Waals surface area contributed by atoms with Crippen LogP contribution in [0.3, 0.4) is 0 Å². The summed E-state index contributed by atoms with van der Waals surface area (Å²) in [5.74, 6) is -8.29. The SMILES string of the molecule is CC(=O)O/C1=C2\C(C)[C@@H](OC(=O)[C@H](O[Si](C)(C)C(C)(C)C)C(NC(=O)c3ccccc3)c3ccccc3)C[C@@](O)([C@@H](OC(=O)c3ccccc3)[C@@H]3[C@]4(OC(C)=O)CO[C@@H]4C[C@H](OC(=O)CCCSSc4ccccn4)[C@@]3(C)C1=O)C2(C)C. The summed E-state index contributed by atoms with van der Waals surface area (Å²) < 4.78 is 45.6. The number of Topliss-reactive ketones (excluding diaryl/α,β-unsaturated/α-hetero) is 1. The molecule has 20 heteroatoms. The second-order valence-corrected chi connectivity index (χ2v) is 31.1. The molecule has 0 radical (unpaired) electrons. The van der Waals surface area contributed by atoms with Crippen molar-refractivity contribution in [3.8, 4) is 0 Å². The zero-order valence-electron chi connectivity index (χ0n) is 48.3. The average Bonchev–Trinajstić information content (AvgIpc) is 0.932. The van der Waals surface area contributed by atoms with Gasteiger partial charge in [0, 0.05) is 62.0 Å². The van der Waals surface area contributed by atoms with Crippen molar-refractivity contribution < 1.29 is 71.5 Å². The first-order chi connectivity index (χ1) is 38.7. The van der Waals surface area contributed by atoms with Gasteiger partial charge in [0.25, 0.3) is 5.91 Å². The van der Waals surface area contributed by atoms with Gasteiger partial charge in [-0.05, 0) is 89.8 Å². The fourth-order valence-electron chi connectivity index (χ4n) is 11.9. The number of nitrogens with zero attached hydrogens (tertiary/aromatic N) is 1. The number of carbonyl (C=O) groups is 7. The molecule has 438 valence electrons. The minimum absolute atomic E-state index is 0.0274. The van der Waals surface area contributed by atoms with Gasteiger partial charge in [0.15, 0.2) is 25.8 Å². The van der Waals surface area contributed by atoms with Crippen LogP contribution >= 0.6 is 21.6 Å². The molecular weight excluding hydrogens is 1100 g/mol. The molecule has 2 bridgehead atoms. The van der Waals surface area contributed by atoms with Crippen molar-refractivity contribution in [1.82, 2.24) is 10.3 Å². The number of ether oxygens (including phenoxy) is 6. The Balaban J connectivity index is 1.29. The zero-order valence-corrected chi connectivity index (χ0v) is 50.9. The van der Waals surface area contributed by atoms with Crippen LogP contribution in [0.25, 0.3) is 0 Å². The van der Waals surface area contributed by atoms with Gasteiger partial charge in [-0.15, -0.1) is 0 Å². The van der Waals surface area contributed by atoms with Crippen LogP contribution in [0.5, 0.6) is 0 Å². The van der Waals surface area contributed by atoms with Crippen LogP contribution in [0.2, 0.25) is 18.1 Å². The maximum Gasteiger partial charge on any atom is 0.338 e. The molecule has 1 aromatic heterocycles. The Hall–Kier alpha value is -6.16. The zero-order chi connectivity index (χ0) is 59.6. The van der Waals surface area contributed by atoms with E-state index >= 15 is 9.59 Å². The predicted molar refractivity (Wildman–Crippen MR) is 309 cm³/mol. The number of fused-ring (bicyclic) bond motifs is 5. The van der Waals surface area contributed by atoms with Crippen LogP contribution < -0.4 is 5.32 Å². The summed E-state index contributed by atoms with van der Waals surface area (Å²) in [5, 5.41) is 17.8. The van der Waals surface area contributed by atoms with Crippen LogP contribution in [0.1, 0.15) is 120 Å². The number of benzene rings is 3. The molecule has 11 atom stereocenters. The van der Waals surface area contributed by atoms with Crippen LogP contribution in [-0.4, -0.2) is 114 Å². The number of amides is 1. The summed E-state index contributed by atoms with van der Waals surface area (Å²) in [4.78, 5) is 107.